The third kappa shape index (κ3) is 3.84. The van der Waals surface area contributed by atoms with Crippen molar-refractivity contribution in [3.05, 3.63) is 99.2 Å². The van der Waals surface area contributed by atoms with E-state index in [4.69, 9.17) is 16.3 Å². The van der Waals surface area contributed by atoms with E-state index < -0.39 is 0 Å². The Morgan fingerprint density at radius 2 is 1.97 bits per heavy atom. The lowest BCUT2D eigenvalue weighted by atomic mass is 10.1. The van der Waals surface area contributed by atoms with Crippen molar-refractivity contribution in [2.75, 3.05) is 0 Å². The van der Waals surface area contributed by atoms with Gasteiger partial charge in [0, 0.05) is 11.2 Å². The van der Waals surface area contributed by atoms with Gasteiger partial charge in [-0.15, -0.1) is 0 Å². The molecule has 0 aliphatic carbocycles. The van der Waals surface area contributed by atoms with Crippen LogP contribution in [-0.2, 0) is 0 Å². The van der Waals surface area contributed by atoms with Gasteiger partial charge < -0.3 is 9.72 Å². The summed E-state index contributed by atoms with van der Waals surface area (Å²) in [5.41, 5.74) is 2.68. The summed E-state index contributed by atoms with van der Waals surface area (Å²) in [5, 5.41) is 10.5. The average Bonchev–Trinajstić information content (AvgIpc) is 3.25. The van der Waals surface area contributed by atoms with Gasteiger partial charge in [-0.1, -0.05) is 29.8 Å². The van der Waals surface area contributed by atoms with E-state index in [1.165, 1.54) is 10.5 Å². The second-order valence-corrected chi connectivity index (χ2v) is 7.76. The van der Waals surface area contributed by atoms with Crippen molar-refractivity contribution in [1.29, 1.82) is 5.26 Å². The van der Waals surface area contributed by atoms with Gasteiger partial charge in [0.1, 0.15) is 28.9 Å². The quantitative estimate of drug-likeness (QED) is 0.368. The Morgan fingerprint density at radius 1 is 1.15 bits per heavy atom. The number of aromatic amines is 1. The molecule has 5 rings (SSSR count). The van der Waals surface area contributed by atoms with Crippen LogP contribution < -0.4 is 10.3 Å². The zero-order valence-corrected chi connectivity index (χ0v) is 18.2. The van der Waals surface area contributed by atoms with Crippen LogP contribution >= 0.6 is 11.6 Å². The Kier molecular flexibility index (Phi) is 5.13. The smallest absolute Gasteiger partial charge is 0.269 e. The number of nitrogens with one attached hydrogen (secondary N) is 1. The fourth-order valence-corrected chi connectivity index (χ4v) is 3.57. The first-order valence-electron chi connectivity index (χ1n) is 10.1. The van der Waals surface area contributed by atoms with E-state index in [0.29, 0.717) is 22.2 Å². The number of pyridine rings is 1. The summed E-state index contributed by atoms with van der Waals surface area (Å²) in [6.07, 6.45) is 3.07. The van der Waals surface area contributed by atoms with Crippen molar-refractivity contribution in [1.82, 2.24) is 19.4 Å². The van der Waals surface area contributed by atoms with Crippen LogP contribution in [-0.4, -0.2) is 19.4 Å². The molecule has 0 amide bonds. The van der Waals surface area contributed by atoms with Crippen LogP contribution in [0.1, 0.15) is 17.0 Å². The Bertz CT molecular complexity index is 1630. The molecular formula is C25H16ClN5O2. The summed E-state index contributed by atoms with van der Waals surface area (Å²) in [4.78, 5) is 25.5. The zero-order chi connectivity index (χ0) is 22.9. The highest BCUT2D eigenvalue weighted by molar-refractivity contribution is 6.31. The van der Waals surface area contributed by atoms with Gasteiger partial charge in [-0.2, -0.15) is 10.2 Å². The highest BCUT2D eigenvalue weighted by Gasteiger charge is 2.17. The van der Waals surface area contributed by atoms with Gasteiger partial charge in [0.15, 0.2) is 0 Å². The maximum atomic E-state index is 13.4. The van der Waals surface area contributed by atoms with Gasteiger partial charge in [0.2, 0.25) is 5.88 Å². The lowest BCUT2D eigenvalue weighted by Gasteiger charge is -2.11. The number of nitrogens with zero attached hydrogens (tertiary/aromatic N) is 4. The minimum Gasteiger partial charge on any atom is -0.438 e. The standard InChI is InChI=1S/C25H16ClN5O2/c1-15-12-17(9-10-19(15)26)33-24-18(25(32)31-11-5-4-8-22(31)30-24)13-16(14-27)23-28-20-6-2-3-7-21(20)29-23/h2-13H,1H3,(H,28,29). The number of imidazole rings is 1. The lowest BCUT2D eigenvalue weighted by molar-refractivity contribution is 0.460. The molecule has 3 heterocycles. The maximum absolute atomic E-state index is 13.4. The maximum Gasteiger partial charge on any atom is 0.269 e. The van der Waals surface area contributed by atoms with Crippen LogP contribution in [0.4, 0.5) is 0 Å². The Hall–Kier alpha value is -4.41. The molecule has 0 atom stereocenters. The SMILES string of the molecule is Cc1cc(Oc2nc3ccccn3c(=O)c2C=C(C#N)c2nc3ccccc3[nH]2)ccc1Cl. The topological polar surface area (TPSA) is 96.1 Å². The highest BCUT2D eigenvalue weighted by atomic mass is 35.5. The van der Waals surface area contributed by atoms with Gasteiger partial charge in [-0.05, 0) is 61.0 Å². The van der Waals surface area contributed by atoms with Crippen LogP contribution in [0.5, 0.6) is 11.6 Å². The fourth-order valence-electron chi connectivity index (χ4n) is 3.45. The molecule has 0 bridgehead atoms. The molecule has 0 unspecified atom stereocenters. The minimum absolute atomic E-state index is 0.0804. The lowest BCUT2D eigenvalue weighted by Crippen LogP contribution is -2.18. The first-order valence-corrected chi connectivity index (χ1v) is 10.4. The monoisotopic (exact) mass is 453 g/mol. The van der Waals surface area contributed by atoms with E-state index in [-0.39, 0.29) is 22.6 Å². The van der Waals surface area contributed by atoms with E-state index in [0.717, 1.165) is 16.6 Å². The number of aryl methyl sites for hydroxylation is 1. The van der Waals surface area contributed by atoms with Crippen molar-refractivity contribution in [2.45, 2.75) is 6.92 Å². The average molecular weight is 454 g/mol. The highest BCUT2D eigenvalue weighted by Crippen LogP contribution is 2.28. The molecule has 2 aromatic carbocycles. The fraction of sp³-hybridized carbons (Fsp3) is 0.0400. The molecule has 160 valence electrons. The molecule has 0 aliphatic rings. The van der Waals surface area contributed by atoms with Crippen molar-refractivity contribution < 1.29 is 4.74 Å². The summed E-state index contributed by atoms with van der Waals surface area (Å²) < 4.78 is 7.41. The minimum atomic E-state index is -0.370. The van der Waals surface area contributed by atoms with E-state index in [1.54, 1.807) is 42.6 Å². The predicted molar refractivity (Wildman–Crippen MR) is 127 cm³/mol. The molecule has 0 spiro atoms. The summed E-state index contributed by atoms with van der Waals surface area (Å²) in [7, 11) is 0. The Morgan fingerprint density at radius 3 is 2.76 bits per heavy atom. The summed E-state index contributed by atoms with van der Waals surface area (Å²) in [5.74, 6) is 0.905. The summed E-state index contributed by atoms with van der Waals surface area (Å²) in [6.45, 7) is 1.86. The van der Waals surface area contributed by atoms with Crippen LogP contribution in [0.25, 0.3) is 28.3 Å². The number of nitriles is 1. The molecule has 0 saturated carbocycles. The molecule has 3 aromatic heterocycles. The van der Waals surface area contributed by atoms with Crippen molar-refractivity contribution in [3.8, 4) is 17.7 Å². The number of aromatic nitrogens is 4. The number of fused-ring (bicyclic) bond motifs is 2. The summed E-state index contributed by atoms with van der Waals surface area (Å²) in [6, 6.07) is 20.0. The van der Waals surface area contributed by atoms with E-state index in [1.807, 2.05) is 31.2 Å². The van der Waals surface area contributed by atoms with E-state index in [2.05, 4.69) is 21.0 Å². The number of rotatable bonds is 4. The van der Waals surface area contributed by atoms with Crippen molar-refractivity contribution in [3.63, 3.8) is 0 Å². The molecule has 0 aliphatic heterocycles. The Labute approximate surface area is 193 Å². The van der Waals surface area contributed by atoms with Crippen LogP contribution in [0.15, 0.2) is 71.7 Å². The molecule has 8 heteroatoms. The van der Waals surface area contributed by atoms with Gasteiger partial charge >= 0.3 is 0 Å². The van der Waals surface area contributed by atoms with Crippen molar-refractivity contribution in [2.24, 2.45) is 0 Å². The first kappa shape index (κ1) is 20.5. The number of halogens is 1. The van der Waals surface area contributed by atoms with E-state index in [9.17, 15) is 10.1 Å². The zero-order valence-electron chi connectivity index (χ0n) is 17.4. The predicted octanol–water partition coefficient (Wildman–Crippen LogP) is 5.39. The normalized spacial score (nSPS) is 11.6. The van der Waals surface area contributed by atoms with Gasteiger partial charge in [-0.3, -0.25) is 9.20 Å². The van der Waals surface area contributed by atoms with E-state index >= 15 is 0 Å². The molecule has 0 radical (unpaired) electrons. The number of allylic oxidation sites excluding steroid dienone is 1. The summed E-state index contributed by atoms with van der Waals surface area (Å²) >= 11 is 6.13. The van der Waals surface area contributed by atoms with Crippen LogP contribution in [0.3, 0.4) is 0 Å². The molecule has 7 nitrogen and oxygen atoms in total. The largest absolute Gasteiger partial charge is 0.438 e. The molecule has 1 N–H and O–H groups in total. The van der Waals surface area contributed by atoms with Crippen molar-refractivity contribution >= 4 is 39.9 Å². The number of hydrogen-bond donors (Lipinski definition) is 1. The molecular weight excluding hydrogens is 438 g/mol. The number of para-hydroxylation sites is 2. The van der Waals surface area contributed by atoms with Crippen LogP contribution in [0, 0.1) is 18.3 Å². The number of H-pyrrole nitrogens is 1. The third-order valence-electron chi connectivity index (χ3n) is 5.13. The second-order valence-electron chi connectivity index (χ2n) is 7.35. The number of benzene rings is 2. The number of hydrogen-bond acceptors (Lipinski definition) is 5. The molecule has 5 aromatic rings. The van der Waals surface area contributed by atoms with Gasteiger partial charge in [0.05, 0.1) is 16.6 Å². The second kappa shape index (κ2) is 8.26. The first-order chi connectivity index (χ1) is 16.0. The molecule has 0 saturated heterocycles. The third-order valence-corrected chi connectivity index (χ3v) is 5.56. The number of ether oxygens (including phenoxy) is 1. The van der Waals surface area contributed by atoms with Gasteiger partial charge in [-0.25, -0.2) is 4.98 Å². The molecule has 33 heavy (non-hydrogen) atoms. The van der Waals surface area contributed by atoms with Crippen LogP contribution in [0.2, 0.25) is 5.02 Å². The van der Waals surface area contributed by atoms with Gasteiger partial charge in [0.25, 0.3) is 5.56 Å². The molecule has 0 fully saturated rings. The Balaban J connectivity index is 1.70.